The summed E-state index contributed by atoms with van der Waals surface area (Å²) in [5, 5.41) is 4.75. The van der Waals surface area contributed by atoms with Crippen LogP contribution in [0.25, 0.3) is 21.4 Å². The molecular formula is C16H10ClN3O2. The van der Waals surface area contributed by atoms with Crippen LogP contribution in [-0.2, 0) is 0 Å². The maximum atomic E-state index is 12.6. The third-order valence-electron chi connectivity index (χ3n) is 3.35. The van der Waals surface area contributed by atoms with Crippen molar-refractivity contribution in [2.45, 2.75) is 6.04 Å². The lowest BCUT2D eigenvalue weighted by molar-refractivity contribution is 0.586. The molecule has 5 nitrogen and oxygen atoms in total. The molecule has 0 saturated carbocycles. The first-order chi connectivity index (χ1) is 10.7. The van der Waals surface area contributed by atoms with E-state index >= 15 is 0 Å². The standard InChI is InChI=1S/C16H10ClN3O2/c17-11-7-5-10(6-8-11)15(19-20-18)13-9-22-14-4-2-1-3-12(14)16(13)21/h1-9,15H. The molecule has 0 bridgehead atoms. The van der Waals surface area contributed by atoms with Gasteiger partial charge in [0.1, 0.15) is 5.58 Å². The van der Waals surface area contributed by atoms with E-state index in [-0.39, 0.29) is 5.43 Å². The van der Waals surface area contributed by atoms with Crippen LogP contribution in [0.4, 0.5) is 0 Å². The molecule has 0 aliphatic carbocycles. The summed E-state index contributed by atoms with van der Waals surface area (Å²) in [4.78, 5) is 15.5. The summed E-state index contributed by atoms with van der Waals surface area (Å²) in [6, 6.07) is 13.0. The van der Waals surface area contributed by atoms with Gasteiger partial charge in [-0.25, -0.2) is 0 Å². The van der Waals surface area contributed by atoms with Crippen molar-refractivity contribution in [1.82, 2.24) is 0 Å². The summed E-state index contributed by atoms with van der Waals surface area (Å²) in [6.45, 7) is 0. The zero-order chi connectivity index (χ0) is 15.5. The zero-order valence-electron chi connectivity index (χ0n) is 11.3. The highest BCUT2D eigenvalue weighted by Crippen LogP contribution is 2.26. The normalized spacial score (nSPS) is 11.9. The zero-order valence-corrected chi connectivity index (χ0v) is 12.1. The van der Waals surface area contributed by atoms with Crippen LogP contribution in [0.5, 0.6) is 0 Å². The van der Waals surface area contributed by atoms with Gasteiger partial charge in [-0.05, 0) is 35.4 Å². The van der Waals surface area contributed by atoms with E-state index in [0.717, 1.165) is 0 Å². The number of hydrogen-bond acceptors (Lipinski definition) is 3. The smallest absolute Gasteiger partial charge is 0.196 e. The van der Waals surface area contributed by atoms with E-state index in [9.17, 15) is 4.79 Å². The van der Waals surface area contributed by atoms with Crippen molar-refractivity contribution in [3.05, 3.63) is 91.6 Å². The fourth-order valence-corrected chi connectivity index (χ4v) is 2.41. The van der Waals surface area contributed by atoms with E-state index in [1.54, 1.807) is 48.5 Å². The molecule has 6 heteroatoms. The summed E-state index contributed by atoms with van der Waals surface area (Å²) in [5.74, 6) is 0. The minimum absolute atomic E-state index is 0.214. The van der Waals surface area contributed by atoms with Gasteiger partial charge in [-0.15, -0.1) is 0 Å². The second-order valence-electron chi connectivity index (χ2n) is 4.68. The number of nitrogens with zero attached hydrogens (tertiary/aromatic N) is 3. The molecule has 0 saturated heterocycles. The van der Waals surface area contributed by atoms with Crippen LogP contribution in [0, 0.1) is 0 Å². The highest BCUT2D eigenvalue weighted by atomic mass is 35.5. The molecule has 0 fully saturated rings. The van der Waals surface area contributed by atoms with Gasteiger partial charge in [0.15, 0.2) is 5.43 Å². The molecular weight excluding hydrogens is 302 g/mol. The van der Waals surface area contributed by atoms with Crippen LogP contribution >= 0.6 is 11.6 Å². The minimum Gasteiger partial charge on any atom is -0.464 e. The molecule has 108 valence electrons. The van der Waals surface area contributed by atoms with Gasteiger partial charge in [0, 0.05) is 15.5 Å². The van der Waals surface area contributed by atoms with Crippen molar-refractivity contribution in [2.24, 2.45) is 5.11 Å². The van der Waals surface area contributed by atoms with E-state index in [1.807, 2.05) is 0 Å². The Kier molecular flexibility index (Phi) is 3.83. The number of benzene rings is 2. The summed E-state index contributed by atoms with van der Waals surface area (Å²) in [7, 11) is 0. The second-order valence-corrected chi connectivity index (χ2v) is 5.11. The van der Waals surface area contributed by atoms with Crippen LogP contribution in [0.1, 0.15) is 17.2 Å². The molecule has 0 aliphatic heterocycles. The third kappa shape index (κ3) is 2.55. The number of azide groups is 1. The Morgan fingerprint density at radius 3 is 2.59 bits per heavy atom. The highest BCUT2D eigenvalue weighted by molar-refractivity contribution is 6.30. The second kappa shape index (κ2) is 5.93. The molecule has 3 rings (SSSR count). The Morgan fingerprint density at radius 2 is 1.86 bits per heavy atom. The van der Waals surface area contributed by atoms with Crippen LogP contribution in [0.3, 0.4) is 0 Å². The molecule has 1 heterocycles. The van der Waals surface area contributed by atoms with E-state index in [4.69, 9.17) is 21.5 Å². The number of rotatable bonds is 3. The van der Waals surface area contributed by atoms with E-state index < -0.39 is 6.04 Å². The van der Waals surface area contributed by atoms with Crippen molar-refractivity contribution in [2.75, 3.05) is 0 Å². The molecule has 0 N–H and O–H groups in total. The van der Waals surface area contributed by atoms with Crippen molar-refractivity contribution in [3.63, 3.8) is 0 Å². The molecule has 1 aromatic heterocycles. The monoisotopic (exact) mass is 311 g/mol. The van der Waals surface area contributed by atoms with Gasteiger partial charge in [0.25, 0.3) is 0 Å². The maximum Gasteiger partial charge on any atom is 0.196 e. The third-order valence-corrected chi connectivity index (χ3v) is 3.61. The van der Waals surface area contributed by atoms with E-state index in [2.05, 4.69) is 10.0 Å². The van der Waals surface area contributed by atoms with Gasteiger partial charge in [-0.3, -0.25) is 4.79 Å². The summed E-state index contributed by atoms with van der Waals surface area (Å²) in [6.07, 6.45) is 1.35. The Hall–Kier alpha value is -2.75. The first-order valence-corrected chi connectivity index (χ1v) is 6.88. The lowest BCUT2D eigenvalue weighted by Gasteiger charge is -2.11. The van der Waals surface area contributed by atoms with Crippen LogP contribution in [-0.4, -0.2) is 0 Å². The van der Waals surface area contributed by atoms with Gasteiger partial charge in [0.05, 0.1) is 17.7 Å². The molecule has 0 aliphatic rings. The average molecular weight is 312 g/mol. The predicted molar refractivity (Wildman–Crippen MR) is 84.9 cm³/mol. The van der Waals surface area contributed by atoms with Crippen LogP contribution < -0.4 is 5.43 Å². The van der Waals surface area contributed by atoms with Crippen molar-refractivity contribution >= 4 is 22.6 Å². The summed E-state index contributed by atoms with van der Waals surface area (Å²) < 4.78 is 5.49. The number of para-hydroxylation sites is 1. The fraction of sp³-hybridized carbons (Fsp3) is 0.0625. The molecule has 1 atom stereocenters. The average Bonchev–Trinajstić information content (AvgIpc) is 2.55. The minimum atomic E-state index is -0.761. The SMILES string of the molecule is [N-]=[N+]=NC(c1ccc(Cl)cc1)c1coc2ccccc2c1=O. The first-order valence-electron chi connectivity index (χ1n) is 6.51. The van der Waals surface area contributed by atoms with Crippen molar-refractivity contribution < 1.29 is 4.42 Å². The fourth-order valence-electron chi connectivity index (χ4n) is 2.29. The molecule has 0 radical (unpaired) electrons. The quantitative estimate of drug-likeness (QED) is 0.394. The predicted octanol–water partition coefficient (Wildman–Crippen LogP) is 4.85. The van der Waals surface area contributed by atoms with Gasteiger partial charge in [0.2, 0.25) is 0 Å². The Balaban J connectivity index is 2.21. The largest absolute Gasteiger partial charge is 0.464 e. The van der Waals surface area contributed by atoms with Crippen LogP contribution in [0.2, 0.25) is 5.02 Å². The van der Waals surface area contributed by atoms with Gasteiger partial charge in [-0.1, -0.05) is 41.0 Å². The molecule has 22 heavy (non-hydrogen) atoms. The lowest BCUT2D eigenvalue weighted by atomic mass is 10.00. The first kappa shape index (κ1) is 14.2. The Morgan fingerprint density at radius 1 is 1.14 bits per heavy atom. The molecule has 0 amide bonds. The summed E-state index contributed by atoms with van der Waals surface area (Å²) in [5.41, 5.74) is 10.1. The number of hydrogen-bond donors (Lipinski definition) is 0. The number of fused-ring (bicyclic) bond motifs is 1. The van der Waals surface area contributed by atoms with Crippen molar-refractivity contribution in [1.29, 1.82) is 0 Å². The topological polar surface area (TPSA) is 79.0 Å². The molecule has 3 aromatic rings. The van der Waals surface area contributed by atoms with Gasteiger partial charge < -0.3 is 4.42 Å². The summed E-state index contributed by atoms with van der Waals surface area (Å²) >= 11 is 5.87. The van der Waals surface area contributed by atoms with E-state index in [1.165, 1.54) is 6.26 Å². The molecule has 0 spiro atoms. The molecule has 2 aromatic carbocycles. The maximum absolute atomic E-state index is 12.6. The van der Waals surface area contributed by atoms with Gasteiger partial charge >= 0.3 is 0 Å². The number of halogens is 1. The molecule has 1 unspecified atom stereocenters. The highest BCUT2D eigenvalue weighted by Gasteiger charge is 2.18. The Labute approximate surface area is 130 Å². The van der Waals surface area contributed by atoms with Gasteiger partial charge in [-0.2, -0.15) is 0 Å². The Bertz CT molecular complexity index is 928. The van der Waals surface area contributed by atoms with Crippen LogP contribution in [0.15, 0.2) is 69.1 Å². The van der Waals surface area contributed by atoms with E-state index in [0.29, 0.717) is 27.1 Å². The lowest BCUT2D eigenvalue weighted by Crippen LogP contribution is -2.13. The van der Waals surface area contributed by atoms with Crippen molar-refractivity contribution in [3.8, 4) is 0 Å².